The third kappa shape index (κ3) is 1.12. The van der Waals surface area contributed by atoms with E-state index in [1.165, 1.54) is 0 Å². The van der Waals surface area contributed by atoms with Crippen LogP contribution in [0.5, 0.6) is 0 Å². The van der Waals surface area contributed by atoms with Gasteiger partial charge in [-0.1, -0.05) is 0 Å². The fraction of sp³-hybridized carbons (Fsp3) is 0.667. The van der Waals surface area contributed by atoms with Crippen LogP contribution >= 0.6 is 0 Å². The Morgan fingerprint density at radius 1 is 1.36 bits per heavy atom. The first-order valence-electron chi connectivity index (χ1n) is 2.88. The summed E-state index contributed by atoms with van der Waals surface area (Å²) in [6.07, 6.45) is -4.72. The molecule has 5 heteroatoms. The zero-order valence-electron chi connectivity index (χ0n) is 5.60. The van der Waals surface area contributed by atoms with Gasteiger partial charge in [-0.3, -0.25) is 0 Å². The Hall–Kier alpha value is -0.610. The highest BCUT2D eigenvalue weighted by atomic mass is 19.4. The van der Waals surface area contributed by atoms with Gasteiger partial charge in [0.2, 0.25) is 0 Å². The Kier molecular flexibility index (Phi) is 1.51. The summed E-state index contributed by atoms with van der Waals surface area (Å²) < 4.78 is 59.4. The lowest BCUT2D eigenvalue weighted by Gasteiger charge is -2.03. The van der Waals surface area contributed by atoms with Crippen LogP contribution < -0.4 is 0 Å². The Morgan fingerprint density at radius 2 is 1.82 bits per heavy atom. The molecule has 1 aliphatic carbocycles. The lowest BCUT2D eigenvalue weighted by Crippen LogP contribution is -2.13. The van der Waals surface area contributed by atoms with E-state index in [1.807, 2.05) is 0 Å². The van der Waals surface area contributed by atoms with Gasteiger partial charge in [-0.05, 0) is 6.92 Å². The molecule has 1 unspecified atom stereocenters. The van der Waals surface area contributed by atoms with Crippen LogP contribution in [0.25, 0.3) is 0 Å². The van der Waals surface area contributed by atoms with Gasteiger partial charge in [0.05, 0.1) is 5.57 Å². The summed E-state index contributed by atoms with van der Waals surface area (Å²) in [5, 5.41) is 0. The zero-order chi connectivity index (χ0) is 8.86. The number of alkyl halides is 5. The second kappa shape index (κ2) is 1.95. The van der Waals surface area contributed by atoms with Crippen molar-refractivity contribution in [3.05, 3.63) is 11.1 Å². The average Bonchev–Trinajstić information content (AvgIpc) is 2.31. The summed E-state index contributed by atoms with van der Waals surface area (Å²) in [7, 11) is 0. The Labute approximate surface area is 59.7 Å². The van der Waals surface area contributed by atoms with Crippen molar-refractivity contribution in [2.75, 3.05) is 6.67 Å². The van der Waals surface area contributed by atoms with Crippen LogP contribution in [0.15, 0.2) is 11.1 Å². The molecule has 0 saturated carbocycles. The van der Waals surface area contributed by atoms with Crippen LogP contribution in [0.1, 0.15) is 6.92 Å². The molecule has 0 saturated heterocycles. The van der Waals surface area contributed by atoms with Crippen molar-refractivity contribution >= 4 is 0 Å². The first-order valence-corrected chi connectivity index (χ1v) is 2.88. The van der Waals surface area contributed by atoms with Crippen LogP contribution in [-0.4, -0.2) is 18.5 Å². The van der Waals surface area contributed by atoms with Gasteiger partial charge in [0.25, 0.3) is 0 Å². The fourth-order valence-corrected chi connectivity index (χ4v) is 1.04. The summed E-state index contributed by atoms with van der Waals surface area (Å²) in [6, 6.07) is 0. The van der Waals surface area contributed by atoms with Crippen LogP contribution in [0.4, 0.5) is 22.0 Å². The predicted molar refractivity (Wildman–Crippen MR) is 28.6 cm³/mol. The Morgan fingerprint density at radius 3 is 1.91 bits per heavy atom. The lowest BCUT2D eigenvalue weighted by atomic mass is 10.2. The molecular formula is C6H5F5. The monoisotopic (exact) mass is 172 g/mol. The van der Waals surface area contributed by atoms with Crippen LogP contribution in [0, 0.1) is 0 Å². The summed E-state index contributed by atoms with van der Waals surface area (Å²) in [5.74, 6) is 0. The van der Waals surface area contributed by atoms with Crippen LogP contribution in [0.2, 0.25) is 0 Å². The van der Waals surface area contributed by atoms with Crippen molar-refractivity contribution in [2.45, 2.75) is 18.8 Å². The first-order chi connectivity index (χ1) is 4.81. The highest BCUT2D eigenvalue weighted by Gasteiger charge is 2.62. The number of halogens is 5. The highest BCUT2D eigenvalue weighted by molar-refractivity contribution is 5.54. The minimum Gasteiger partial charge on any atom is -0.246 e. The molecule has 0 heterocycles. The SMILES string of the molecule is CC1(F)C(CF)=C1C(F)(F)F. The normalized spacial score (nSPS) is 31.1. The quantitative estimate of drug-likeness (QED) is 0.421. The molecule has 0 spiro atoms. The molecule has 0 nitrogen and oxygen atoms in total. The molecule has 0 aromatic rings. The van der Waals surface area contributed by atoms with Gasteiger partial charge in [-0.25, -0.2) is 8.78 Å². The van der Waals surface area contributed by atoms with E-state index in [4.69, 9.17) is 0 Å². The summed E-state index contributed by atoms with van der Waals surface area (Å²) in [6.45, 7) is -0.646. The summed E-state index contributed by atoms with van der Waals surface area (Å²) in [4.78, 5) is 0. The number of rotatable bonds is 1. The molecule has 0 N–H and O–H groups in total. The van der Waals surface area contributed by atoms with E-state index in [2.05, 4.69) is 0 Å². The number of allylic oxidation sites excluding steroid dienone is 2. The van der Waals surface area contributed by atoms with Crippen molar-refractivity contribution < 1.29 is 22.0 Å². The van der Waals surface area contributed by atoms with Gasteiger partial charge in [0.1, 0.15) is 6.67 Å². The maximum atomic E-state index is 12.6. The van der Waals surface area contributed by atoms with Gasteiger partial charge in [-0.2, -0.15) is 13.2 Å². The smallest absolute Gasteiger partial charge is 0.246 e. The second-order valence-corrected chi connectivity index (χ2v) is 2.49. The summed E-state index contributed by atoms with van der Waals surface area (Å²) in [5.41, 5.74) is -4.68. The molecule has 0 amide bonds. The van der Waals surface area contributed by atoms with Gasteiger partial charge in [0, 0.05) is 5.57 Å². The van der Waals surface area contributed by atoms with E-state index in [0.717, 1.165) is 0 Å². The van der Waals surface area contributed by atoms with Crippen molar-refractivity contribution in [1.29, 1.82) is 0 Å². The molecule has 0 aromatic heterocycles. The van der Waals surface area contributed by atoms with E-state index >= 15 is 0 Å². The number of hydrogen-bond donors (Lipinski definition) is 0. The molecule has 0 fully saturated rings. The molecule has 1 atom stereocenters. The molecule has 1 aliphatic rings. The molecule has 1 rings (SSSR count). The predicted octanol–water partition coefficient (Wildman–Crippen LogP) is 2.56. The van der Waals surface area contributed by atoms with Gasteiger partial charge in [0.15, 0.2) is 5.67 Å². The molecule has 11 heavy (non-hydrogen) atoms. The largest absolute Gasteiger partial charge is 0.416 e. The standard InChI is InChI=1S/C6H5F5/c1-5(8)3(2-7)4(5)6(9,10)11/h2H2,1H3. The highest BCUT2D eigenvalue weighted by Crippen LogP contribution is 2.55. The third-order valence-electron chi connectivity index (χ3n) is 1.69. The van der Waals surface area contributed by atoms with E-state index in [9.17, 15) is 22.0 Å². The van der Waals surface area contributed by atoms with Crippen molar-refractivity contribution in [2.24, 2.45) is 0 Å². The van der Waals surface area contributed by atoms with E-state index in [1.54, 1.807) is 0 Å². The zero-order valence-corrected chi connectivity index (χ0v) is 5.60. The van der Waals surface area contributed by atoms with Gasteiger partial charge < -0.3 is 0 Å². The van der Waals surface area contributed by atoms with Crippen LogP contribution in [-0.2, 0) is 0 Å². The first kappa shape index (κ1) is 8.49. The van der Waals surface area contributed by atoms with Crippen molar-refractivity contribution in [3.8, 4) is 0 Å². The molecule has 0 bridgehead atoms. The molecule has 0 aromatic carbocycles. The Bertz CT molecular complexity index is 210. The van der Waals surface area contributed by atoms with Gasteiger partial charge >= 0.3 is 6.18 Å². The molecule has 0 radical (unpaired) electrons. The fourth-order valence-electron chi connectivity index (χ4n) is 1.04. The van der Waals surface area contributed by atoms with E-state index < -0.39 is 29.7 Å². The average molecular weight is 172 g/mol. The van der Waals surface area contributed by atoms with Crippen LogP contribution in [0.3, 0.4) is 0 Å². The van der Waals surface area contributed by atoms with E-state index in [-0.39, 0.29) is 0 Å². The molecule has 0 aliphatic heterocycles. The summed E-state index contributed by atoms with van der Waals surface area (Å²) >= 11 is 0. The van der Waals surface area contributed by atoms with Crippen molar-refractivity contribution in [3.63, 3.8) is 0 Å². The maximum absolute atomic E-state index is 12.6. The maximum Gasteiger partial charge on any atom is 0.416 e. The molecular weight excluding hydrogens is 167 g/mol. The van der Waals surface area contributed by atoms with Crippen molar-refractivity contribution in [1.82, 2.24) is 0 Å². The lowest BCUT2D eigenvalue weighted by molar-refractivity contribution is -0.0940. The van der Waals surface area contributed by atoms with Gasteiger partial charge in [-0.15, -0.1) is 0 Å². The Balaban J connectivity index is 2.84. The minimum absolute atomic E-state index is 0.713. The minimum atomic E-state index is -4.72. The molecule has 64 valence electrons. The number of hydrogen-bond acceptors (Lipinski definition) is 0. The third-order valence-corrected chi connectivity index (χ3v) is 1.69. The van der Waals surface area contributed by atoms with E-state index in [0.29, 0.717) is 6.92 Å². The topological polar surface area (TPSA) is 0 Å². The second-order valence-electron chi connectivity index (χ2n) is 2.49.